The first-order valence-corrected chi connectivity index (χ1v) is 16.3. The average molecular weight is 655 g/mol. The zero-order valence-corrected chi connectivity index (χ0v) is 27.2. The van der Waals surface area contributed by atoms with Crippen LogP contribution in [0.15, 0.2) is 91.5 Å². The number of hydrogen-bond donors (Lipinski definition) is 0. The van der Waals surface area contributed by atoms with E-state index in [1.54, 1.807) is 0 Å². The number of carbonyl (C=O) groups excluding carboxylic acids is 2. The third kappa shape index (κ3) is 5.12. The second-order valence-electron chi connectivity index (χ2n) is 12.8. The number of carbonyl (C=O) groups is 2. The molecular formula is C37H34N8O4. The second kappa shape index (κ2) is 12.0. The summed E-state index contributed by atoms with van der Waals surface area (Å²) in [6, 6.07) is 22.1. The lowest BCUT2D eigenvalue weighted by Gasteiger charge is -2.33. The molecule has 0 bridgehead atoms. The number of nitro groups is 1. The Morgan fingerprint density at radius 2 is 1.43 bits per heavy atom. The van der Waals surface area contributed by atoms with E-state index in [0.717, 1.165) is 60.0 Å². The summed E-state index contributed by atoms with van der Waals surface area (Å²) < 4.78 is 5.55. The lowest BCUT2D eigenvalue weighted by atomic mass is 9.95. The third-order valence-corrected chi connectivity index (χ3v) is 9.95. The second-order valence-corrected chi connectivity index (χ2v) is 12.8. The molecule has 0 N–H and O–H groups in total. The predicted octanol–water partition coefficient (Wildman–Crippen LogP) is 5.49. The lowest BCUT2D eigenvalue weighted by Crippen LogP contribution is -2.34. The smallest absolute Gasteiger partial charge is 0.390 e. The monoisotopic (exact) mass is 654 g/mol. The van der Waals surface area contributed by atoms with Gasteiger partial charge in [-0.05, 0) is 42.0 Å². The number of pyridine rings is 1. The number of rotatable bonds is 8. The first-order chi connectivity index (χ1) is 23.8. The molecule has 1 fully saturated rings. The molecule has 0 saturated carbocycles. The molecule has 8 rings (SSSR count). The van der Waals surface area contributed by atoms with Gasteiger partial charge < -0.3 is 19.2 Å². The topological polar surface area (TPSA) is 124 Å². The van der Waals surface area contributed by atoms with Crippen LogP contribution in [0.25, 0.3) is 33.0 Å². The van der Waals surface area contributed by atoms with Gasteiger partial charge in [-0.25, -0.2) is 4.57 Å². The molecule has 0 unspecified atom stereocenters. The normalized spacial score (nSPS) is 16.2. The third-order valence-electron chi connectivity index (χ3n) is 9.95. The van der Waals surface area contributed by atoms with Gasteiger partial charge in [0.05, 0.1) is 30.4 Å². The number of aromatic nitrogens is 5. The fraction of sp³-hybridized carbons (Fsp3) is 0.243. The first kappa shape index (κ1) is 30.5. The van der Waals surface area contributed by atoms with Crippen molar-refractivity contribution < 1.29 is 14.5 Å². The molecule has 0 aliphatic carbocycles. The first-order valence-electron chi connectivity index (χ1n) is 16.3. The van der Waals surface area contributed by atoms with Gasteiger partial charge in [0.2, 0.25) is 0 Å². The van der Waals surface area contributed by atoms with Crippen molar-refractivity contribution >= 4 is 50.7 Å². The summed E-state index contributed by atoms with van der Waals surface area (Å²) in [4.78, 5) is 52.1. The van der Waals surface area contributed by atoms with Crippen LogP contribution in [0.2, 0.25) is 0 Å². The number of benzene rings is 2. The zero-order chi connectivity index (χ0) is 33.8. The van der Waals surface area contributed by atoms with Gasteiger partial charge in [-0.1, -0.05) is 47.4 Å². The number of amides is 2. The predicted molar refractivity (Wildman–Crippen MR) is 185 cm³/mol. The summed E-state index contributed by atoms with van der Waals surface area (Å²) in [7, 11) is 3.44. The number of imide groups is 1. The van der Waals surface area contributed by atoms with Gasteiger partial charge in [-0.15, -0.1) is 0 Å². The largest absolute Gasteiger partial charge is 0.434 e. The van der Waals surface area contributed by atoms with E-state index in [-0.39, 0.29) is 18.5 Å². The minimum Gasteiger partial charge on any atom is -0.390 e. The summed E-state index contributed by atoms with van der Waals surface area (Å²) in [5, 5.41) is 13.3. The highest BCUT2D eigenvalue weighted by atomic mass is 16.6. The number of fused-ring (bicyclic) bond motifs is 2. The van der Waals surface area contributed by atoms with Gasteiger partial charge in [-0.2, -0.15) is 0 Å². The Kier molecular flexibility index (Phi) is 7.44. The Labute approximate surface area is 281 Å². The van der Waals surface area contributed by atoms with Crippen molar-refractivity contribution in [3.05, 3.63) is 124 Å². The van der Waals surface area contributed by atoms with Crippen LogP contribution >= 0.6 is 0 Å². The molecule has 12 heteroatoms. The van der Waals surface area contributed by atoms with E-state index in [4.69, 9.17) is 0 Å². The van der Waals surface area contributed by atoms with Crippen LogP contribution in [0.1, 0.15) is 41.4 Å². The Morgan fingerprint density at radius 1 is 0.796 bits per heavy atom. The number of nitrogens with zero attached hydrogens (tertiary/aromatic N) is 8. The van der Waals surface area contributed by atoms with E-state index in [0.29, 0.717) is 28.0 Å². The molecule has 49 heavy (non-hydrogen) atoms. The Hall–Kier alpha value is -5.88. The Bertz CT molecular complexity index is 2310. The van der Waals surface area contributed by atoms with Crippen molar-refractivity contribution in [2.75, 3.05) is 13.1 Å². The van der Waals surface area contributed by atoms with Gasteiger partial charge in [0.25, 0.3) is 11.8 Å². The van der Waals surface area contributed by atoms with Gasteiger partial charge in [0.15, 0.2) is 0 Å². The van der Waals surface area contributed by atoms with Crippen molar-refractivity contribution in [2.24, 2.45) is 14.1 Å². The number of hydrogen-bond acceptors (Lipinski definition) is 7. The Morgan fingerprint density at radius 3 is 2.08 bits per heavy atom. The highest BCUT2D eigenvalue weighted by molar-refractivity contribution is 6.50. The van der Waals surface area contributed by atoms with E-state index >= 15 is 0 Å². The molecule has 0 atom stereocenters. The maximum absolute atomic E-state index is 14.6. The molecule has 1 saturated heterocycles. The molecule has 2 aromatic carbocycles. The molecule has 0 spiro atoms. The zero-order valence-electron chi connectivity index (χ0n) is 27.2. The van der Waals surface area contributed by atoms with E-state index in [2.05, 4.69) is 31.6 Å². The van der Waals surface area contributed by atoms with Crippen molar-refractivity contribution in [1.82, 2.24) is 33.5 Å². The summed E-state index contributed by atoms with van der Waals surface area (Å²) in [6.07, 6.45) is 8.98. The van der Waals surface area contributed by atoms with Gasteiger partial charge >= 0.3 is 5.95 Å². The average Bonchev–Trinajstić information content (AvgIpc) is 3.84. The SMILES string of the molecule is Cn1c(CN2C(=O)C(c3cn(C)c4ccccc34)=C(c3cn(C4CCN(Cc5ccccn5)CC4)c4ccccc34)C2=O)cnc1[N+](=O)[O-]. The van der Waals surface area contributed by atoms with E-state index in [1.165, 1.54) is 22.7 Å². The number of likely N-dealkylation sites (tertiary alicyclic amines) is 1. The van der Waals surface area contributed by atoms with Gasteiger partial charge in [-0.3, -0.25) is 24.4 Å². The van der Waals surface area contributed by atoms with Gasteiger partial charge in [0, 0.05) is 84.2 Å². The number of imidazole rings is 1. The lowest BCUT2D eigenvalue weighted by molar-refractivity contribution is -0.396. The number of piperidine rings is 1. The van der Waals surface area contributed by atoms with Crippen LogP contribution in [0.3, 0.4) is 0 Å². The van der Waals surface area contributed by atoms with Crippen LogP contribution in [0.4, 0.5) is 5.95 Å². The quantitative estimate of drug-likeness (QED) is 0.121. The fourth-order valence-corrected chi connectivity index (χ4v) is 7.46. The molecule has 6 aromatic rings. The summed E-state index contributed by atoms with van der Waals surface area (Å²) in [5.41, 5.74) is 5.41. The fourth-order valence-electron chi connectivity index (χ4n) is 7.46. The molecule has 12 nitrogen and oxygen atoms in total. The van der Waals surface area contributed by atoms with Crippen molar-refractivity contribution in [3.63, 3.8) is 0 Å². The molecule has 0 radical (unpaired) electrons. The molecular weight excluding hydrogens is 620 g/mol. The molecule has 4 aromatic heterocycles. The van der Waals surface area contributed by atoms with Crippen LogP contribution in [0, 0.1) is 10.1 Å². The van der Waals surface area contributed by atoms with E-state index in [1.807, 2.05) is 84.8 Å². The van der Waals surface area contributed by atoms with E-state index < -0.39 is 16.7 Å². The molecule has 6 heterocycles. The maximum atomic E-state index is 14.6. The van der Waals surface area contributed by atoms with E-state index in [9.17, 15) is 19.7 Å². The summed E-state index contributed by atoms with van der Waals surface area (Å²) in [5.74, 6) is -1.24. The van der Waals surface area contributed by atoms with Crippen molar-refractivity contribution in [1.29, 1.82) is 0 Å². The molecule has 2 aliphatic rings. The maximum Gasteiger partial charge on any atom is 0.434 e. The summed E-state index contributed by atoms with van der Waals surface area (Å²) >= 11 is 0. The van der Waals surface area contributed by atoms with Gasteiger partial charge in [0.1, 0.15) is 11.9 Å². The van der Waals surface area contributed by atoms with Crippen LogP contribution in [-0.4, -0.2) is 63.3 Å². The molecule has 2 aliphatic heterocycles. The molecule has 2 amide bonds. The number of para-hydroxylation sites is 2. The number of aryl methyl sites for hydroxylation is 1. The standard InChI is InChI=1S/C37H34N8O4/c1-40-22-29(27-10-3-5-12-31(27)40)33-34(36(47)44(35(33)46)21-26-19-39-37(41(26)2)45(48)49)30-23-43(32-13-6-4-11-28(30)32)25-14-17-42(18-15-25)20-24-9-7-8-16-38-24/h3-13,16,19,22-23,25H,14-15,17-18,20-21H2,1-2H3. The Balaban J connectivity index is 1.22. The van der Waals surface area contributed by atoms with Crippen molar-refractivity contribution in [2.45, 2.75) is 32.0 Å². The van der Waals surface area contributed by atoms with Crippen LogP contribution in [0.5, 0.6) is 0 Å². The van der Waals surface area contributed by atoms with Crippen LogP contribution < -0.4 is 0 Å². The summed E-state index contributed by atoms with van der Waals surface area (Å²) in [6.45, 7) is 2.48. The van der Waals surface area contributed by atoms with Crippen LogP contribution in [-0.2, 0) is 36.8 Å². The molecule has 246 valence electrons. The highest BCUT2D eigenvalue weighted by Crippen LogP contribution is 2.43. The van der Waals surface area contributed by atoms with Crippen molar-refractivity contribution in [3.8, 4) is 0 Å². The minimum atomic E-state index is -0.583. The minimum absolute atomic E-state index is 0.153. The highest BCUT2D eigenvalue weighted by Gasteiger charge is 2.43.